The topological polar surface area (TPSA) is 66.8 Å². The zero-order valence-electron chi connectivity index (χ0n) is 16.3. The Hall–Kier alpha value is -3.28. The normalized spacial score (nSPS) is 12.4. The molecule has 0 saturated carbocycles. The van der Waals surface area contributed by atoms with Gasteiger partial charge in [0.05, 0.1) is 18.2 Å². The van der Waals surface area contributed by atoms with Crippen LogP contribution in [-0.2, 0) is 14.3 Å². The number of hydrogen-bond donors (Lipinski definition) is 0. The summed E-state index contributed by atoms with van der Waals surface area (Å²) < 4.78 is 18.0. The van der Waals surface area contributed by atoms with E-state index in [1.165, 1.54) is 7.11 Å². The minimum atomic E-state index is -1.01. The molecule has 0 N–H and O–H groups in total. The van der Waals surface area contributed by atoms with E-state index in [-0.39, 0.29) is 0 Å². The fraction of sp³-hybridized carbons (Fsp3) is 0.273. The number of para-hydroxylation sites is 1. The highest BCUT2D eigenvalue weighted by atomic mass is 16.6. The molecule has 0 saturated heterocycles. The van der Waals surface area contributed by atoms with Gasteiger partial charge in [-0.15, -0.1) is 0 Å². The van der Waals surface area contributed by atoms with Crippen molar-refractivity contribution in [1.82, 2.24) is 4.57 Å². The molecule has 6 nitrogen and oxygen atoms in total. The second-order valence-electron chi connectivity index (χ2n) is 7.30. The standard InChI is InChI=1S/C22H23NO5/c1-22(2,3)28-21(25)19(23-14-13-15-7-5-6-8-18(15)23)27-17-11-9-16(10-12-17)20(24)26-4/h5-14,19H,1-4H3. The Morgan fingerprint density at radius 2 is 1.64 bits per heavy atom. The van der Waals surface area contributed by atoms with Gasteiger partial charge >= 0.3 is 11.9 Å². The predicted molar refractivity (Wildman–Crippen MR) is 105 cm³/mol. The highest BCUT2D eigenvalue weighted by Gasteiger charge is 2.29. The van der Waals surface area contributed by atoms with Gasteiger partial charge in [-0.2, -0.15) is 0 Å². The Balaban J connectivity index is 1.94. The molecule has 3 aromatic rings. The van der Waals surface area contributed by atoms with Gasteiger partial charge in [-0.05, 0) is 62.6 Å². The number of rotatable bonds is 5. The summed E-state index contributed by atoms with van der Waals surface area (Å²) in [6.45, 7) is 5.42. The van der Waals surface area contributed by atoms with Gasteiger partial charge in [0.25, 0.3) is 6.23 Å². The fourth-order valence-corrected chi connectivity index (χ4v) is 2.80. The Labute approximate surface area is 163 Å². The number of hydrogen-bond acceptors (Lipinski definition) is 5. The average Bonchev–Trinajstić information content (AvgIpc) is 3.08. The van der Waals surface area contributed by atoms with Gasteiger partial charge in [0, 0.05) is 6.20 Å². The van der Waals surface area contributed by atoms with E-state index >= 15 is 0 Å². The average molecular weight is 381 g/mol. The Morgan fingerprint density at radius 1 is 0.964 bits per heavy atom. The van der Waals surface area contributed by atoms with Gasteiger partial charge in [-0.3, -0.25) is 0 Å². The largest absolute Gasteiger partial charge is 0.465 e. The first-order chi connectivity index (χ1) is 13.3. The van der Waals surface area contributed by atoms with E-state index in [1.54, 1.807) is 55.8 Å². The molecule has 1 atom stereocenters. The van der Waals surface area contributed by atoms with Crippen molar-refractivity contribution in [1.29, 1.82) is 0 Å². The zero-order chi connectivity index (χ0) is 20.3. The highest BCUT2D eigenvalue weighted by molar-refractivity contribution is 5.89. The van der Waals surface area contributed by atoms with E-state index in [9.17, 15) is 9.59 Å². The monoisotopic (exact) mass is 381 g/mol. The third-order valence-corrected chi connectivity index (χ3v) is 4.01. The van der Waals surface area contributed by atoms with E-state index in [0.29, 0.717) is 11.3 Å². The first-order valence-corrected chi connectivity index (χ1v) is 8.92. The first kappa shape index (κ1) is 19.5. The van der Waals surface area contributed by atoms with Crippen molar-refractivity contribution >= 4 is 22.8 Å². The predicted octanol–water partition coefficient (Wildman–Crippen LogP) is 4.35. The number of ether oxygens (including phenoxy) is 3. The van der Waals surface area contributed by atoms with Crippen LogP contribution in [0.5, 0.6) is 5.75 Å². The van der Waals surface area contributed by atoms with Crippen LogP contribution in [0, 0.1) is 0 Å². The smallest absolute Gasteiger partial charge is 0.370 e. The van der Waals surface area contributed by atoms with Crippen LogP contribution in [0.25, 0.3) is 10.9 Å². The summed E-state index contributed by atoms with van der Waals surface area (Å²) in [5.74, 6) is -0.515. The van der Waals surface area contributed by atoms with Crippen molar-refractivity contribution in [3.8, 4) is 5.75 Å². The molecule has 0 fully saturated rings. The molecule has 6 heteroatoms. The van der Waals surface area contributed by atoms with Crippen LogP contribution in [0.4, 0.5) is 0 Å². The maximum absolute atomic E-state index is 12.9. The van der Waals surface area contributed by atoms with Gasteiger partial charge in [-0.1, -0.05) is 18.2 Å². The van der Waals surface area contributed by atoms with Crippen LogP contribution in [0.1, 0.15) is 37.4 Å². The first-order valence-electron chi connectivity index (χ1n) is 8.92. The lowest BCUT2D eigenvalue weighted by molar-refractivity contribution is -0.168. The van der Waals surface area contributed by atoms with Crippen LogP contribution < -0.4 is 4.74 Å². The number of esters is 2. The molecule has 0 amide bonds. The Morgan fingerprint density at radius 3 is 2.29 bits per heavy atom. The third kappa shape index (κ3) is 4.34. The maximum atomic E-state index is 12.9. The summed E-state index contributed by atoms with van der Waals surface area (Å²) in [6.07, 6.45) is 0.783. The number of methoxy groups -OCH3 is 1. The molecule has 1 unspecified atom stereocenters. The number of aromatic nitrogens is 1. The van der Waals surface area contributed by atoms with Crippen LogP contribution in [0.3, 0.4) is 0 Å². The lowest BCUT2D eigenvalue weighted by Crippen LogP contribution is -2.33. The van der Waals surface area contributed by atoms with Crippen molar-refractivity contribution in [2.75, 3.05) is 7.11 Å². The van der Waals surface area contributed by atoms with Crippen molar-refractivity contribution in [3.05, 3.63) is 66.4 Å². The number of nitrogens with zero attached hydrogens (tertiary/aromatic N) is 1. The number of fused-ring (bicyclic) bond motifs is 1. The molecule has 1 aromatic heterocycles. The molecular formula is C22H23NO5. The van der Waals surface area contributed by atoms with Gasteiger partial charge < -0.3 is 18.8 Å². The molecule has 0 aliphatic heterocycles. The van der Waals surface area contributed by atoms with Gasteiger partial charge in [-0.25, -0.2) is 9.59 Å². The Kier molecular flexibility index (Phi) is 5.40. The van der Waals surface area contributed by atoms with E-state index in [4.69, 9.17) is 14.2 Å². The molecule has 0 radical (unpaired) electrons. The number of carbonyl (C=O) groups is 2. The molecule has 2 aromatic carbocycles. The minimum absolute atomic E-state index is 0.398. The summed E-state index contributed by atoms with van der Waals surface area (Å²) >= 11 is 0. The van der Waals surface area contributed by atoms with Crippen molar-refractivity contribution in [2.24, 2.45) is 0 Å². The SMILES string of the molecule is COC(=O)c1ccc(OC(C(=O)OC(C)(C)C)n2ccc3ccccc32)cc1. The molecule has 0 bridgehead atoms. The molecule has 3 rings (SSSR count). The summed E-state index contributed by atoms with van der Waals surface area (Å²) in [6, 6.07) is 16.0. The van der Waals surface area contributed by atoms with Crippen molar-refractivity contribution in [2.45, 2.75) is 32.6 Å². The van der Waals surface area contributed by atoms with Crippen molar-refractivity contribution in [3.63, 3.8) is 0 Å². The van der Waals surface area contributed by atoms with E-state index in [0.717, 1.165) is 10.9 Å². The molecule has 28 heavy (non-hydrogen) atoms. The van der Waals surface area contributed by atoms with Gasteiger partial charge in [0.15, 0.2) is 0 Å². The van der Waals surface area contributed by atoms with E-state index in [1.807, 2.05) is 30.3 Å². The van der Waals surface area contributed by atoms with Gasteiger partial charge in [0.2, 0.25) is 0 Å². The molecule has 0 spiro atoms. The summed E-state index contributed by atoms with van der Waals surface area (Å²) in [5, 5.41) is 0.987. The molecular weight excluding hydrogens is 358 g/mol. The van der Waals surface area contributed by atoms with E-state index in [2.05, 4.69) is 0 Å². The highest BCUT2D eigenvalue weighted by Crippen LogP contribution is 2.26. The third-order valence-electron chi connectivity index (χ3n) is 4.01. The van der Waals surface area contributed by atoms with Crippen molar-refractivity contribution < 1.29 is 23.8 Å². The summed E-state index contributed by atoms with van der Waals surface area (Å²) in [5.41, 5.74) is 0.593. The molecule has 0 aliphatic rings. The number of benzene rings is 2. The van der Waals surface area contributed by atoms with Crippen LogP contribution >= 0.6 is 0 Å². The van der Waals surface area contributed by atoms with Crippen LogP contribution in [-0.4, -0.2) is 29.2 Å². The van der Waals surface area contributed by atoms with Crippen LogP contribution in [0.2, 0.25) is 0 Å². The van der Waals surface area contributed by atoms with E-state index < -0.39 is 23.8 Å². The minimum Gasteiger partial charge on any atom is -0.465 e. The lowest BCUT2D eigenvalue weighted by atomic mass is 10.2. The van der Waals surface area contributed by atoms with Gasteiger partial charge in [0.1, 0.15) is 11.4 Å². The maximum Gasteiger partial charge on any atom is 0.370 e. The summed E-state index contributed by atoms with van der Waals surface area (Å²) in [7, 11) is 1.32. The molecule has 1 heterocycles. The zero-order valence-corrected chi connectivity index (χ0v) is 16.3. The second kappa shape index (κ2) is 7.76. The quantitative estimate of drug-likeness (QED) is 0.615. The lowest BCUT2D eigenvalue weighted by Gasteiger charge is -2.25. The number of carbonyl (C=O) groups excluding carboxylic acids is 2. The molecule has 146 valence electrons. The Bertz CT molecular complexity index is 982. The second-order valence-corrected chi connectivity index (χ2v) is 7.30. The summed E-state index contributed by atoms with van der Waals surface area (Å²) in [4.78, 5) is 24.5. The van der Waals surface area contributed by atoms with Crippen LogP contribution in [0.15, 0.2) is 60.8 Å². The fourth-order valence-electron chi connectivity index (χ4n) is 2.80. The molecule has 0 aliphatic carbocycles.